The van der Waals surface area contributed by atoms with Crippen LogP contribution < -0.4 is 4.74 Å². The molecule has 1 saturated heterocycles. The third-order valence-electron chi connectivity index (χ3n) is 3.43. The normalized spacial score (nSPS) is 16.6. The van der Waals surface area contributed by atoms with Crippen LogP contribution in [0.3, 0.4) is 0 Å². The summed E-state index contributed by atoms with van der Waals surface area (Å²) in [6, 6.07) is 7.11. The zero-order chi connectivity index (χ0) is 14.4. The van der Waals surface area contributed by atoms with Gasteiger partial charge in [-0.1, -0.05) is 0 Å². The number of nitrogens with zero attached hydrogens (tertiary/aromatic N) is 1. The van der Waals surface area contributed by atoms with Crippen LogP contribution in [-0.4, -0.2) is 50.0 Å². The fraction of sp³-hybridized carbons (Fsp3) is 0.467. The highest BCUT2D eigenvalue weighted by Crippen LogP contribution is 2.19. The lowest BCUT2D eigenvalue weighted by Crippen LogP contribution is -2.41. The number of piperidine rings is 1. The molecule has 0 radical (unpaired) electrons. The lowest BCUT2D eigenvalue weighted by molar-refractivity contribution is -0.142. The summed E-state index contributed by atoms with van der Waals surface area (Å²) in [5.74, 6) is 0.579. The van der Waals surface area contributed by atoms with Crippen LogP contribution in [0.15, 0.2) is 24.3 Å². The van der Waals surface area contributed by atoms with E-state index in [0.29, 0.717) is 12.1 Å². The third kappa shape index (κ3) is 4.06. The van der Waals surface area contributed by atoms with Crippen molar-refractivity contribution in [1.29, 1.82) is 0 Å². The lowest BCUT2D eigenvalue weighted by atomic mass is 10.1. The minimum atomic E-state index is -0.200. The maximum absolute atomic E-state index is 11.2. The number of carbonyl (C=O) groups excluding carboxylic acids is 2. The van der Waals surface area contributed by atoms with Gasteiger partial charge in [0.05, 0.1) is 13.7 Å². The standard InChI is InChI=1S/C15H19NO4/c1-19-15(18)10-16-8-6-14(7-9-16)20-13-4-2-12(11-17)3-5-13/h2-5,11,14H,6-10H2,1H3. The van der Waals surface area contributed by atoms with Gasteiger partial charge in [-0.2, -0.15) is 0 Å². The Hall–Kier alpha value is -1.88. The van der Waals surface area contributed by atoms with E-state index in [9.17, 15) is 9.59 Å². The summed E-state index contributed by atoms with van der Waals surface area (Å²) in [4.78, 5) is 23.8. The van der Waals surface area contributed by atoms with Gasteiger partial charge in [0.1, 0.15) is 18.1 Å². The molecule has 2 rings (SSSR count). The molecule has 1 aromatic carbocycles. The molecule has 0 aliphatic carbocycles. The minimum absolute atomic E-state index is 0.158. The summed E-state index contributed by atoms with van der Waals surface area (Å²) in [6.07, 6.45) is 2.74. The molecule has 1 fully saturated rings. The fourth-order valence-corrected chi connectivity index (χ4v) is 2.25. The minimum Gasteiger partial charge on any atom is -0.490 e. The van der Waals surface area contributed by atoms with E-state index in [1.807, 2.05) is 12.1 Å². The molecular formula is C15H19NO4. The summed E-state index contributed by atoms with van der Waals surface area (Å²) in [6.45, 7) is 2.00. The Bertz CT molecular complexity index is 449. The van der Waals surface area contributed by atoms with E-state index in [2.05, 4.69) is 9.64 Å². The van der Waals surface area contributed by atoms with E-state index in [4.69, 9.17) is 4.74 Å². The van der Waals surface area contributed by atoms with Gasteiger partial charge in [0.25, 0.3) is 0 Å². The van der Waals surface area contributed by atoms with Crippen molar-refractivity contribution in [1.82, 2.24) is 4.90 Å². The Morgan fingerprint density at radius 3 is 2.50 bits per heavy atom. The zero-order valence-electron chi connectivity index (χ0n) is 11.6. The first-order chi connectivity index (χ1) is 9.71. The van der Waals surface area contributed by atoms with Gasteiger partial charge in [-0.15, -0.1) is 0 Å². The Labute approximate surface area is 118 Å². The molecule has 0 spiro atoms. The van der Waals surface area contributed by atoms with Crippen LogP contribution in [-0.2, 0) is 9.53 Å². The summed E-state index contributed by atoms with van der Waals surface area (Å²) in [7, 11) is 1.40. The second-order valence-electron chi connectivity index (χ2n) is 4.86. The van der Waals surface area contributed by atoms with Gasteiger partial charge in [0, 0.05) is 18.7 Å². The highest BCUT2D eigenvalue weighted by Gasteiger charge is 2.22. The van der Waals surface area contributed by atoms with Crippen molar-refractivity contribution < 1.29 is 19.1 Å². The van der Waals surface area contributed by atoms with E-state index < -0.39 is 0 Å². The van der Waals surface area contributed by atoms with E-state index in [1.165, 1.54) is 7.11 Å². The van der Waals surface area contributed by atoms with E-state index in [1.54, 1.807) is 12.1 Å². The second-order valence-corrected chi connectivity index (χ2v) is 4.86. The van der Waals surface area contributed by atoms with Crippen molar-refractivity contribution in [2.24, 2.45) is 0 Å². The molecule has 0 unspecified atom stereocenters. The first-order valence-corrected chi connectivity index (χ1v) is 6.72. The number of hydrogen-bond donors (Lipinski definition) is 0. The molecule has 0 N–H and O–H groups in total. The van der Waals surface area contributed by atoms with Gasteiger partial charge in [0.15, 0.2) is 0 Å². The molecule has 20 heavy (non-hydrogen) atoms. The summed E-state index contributed by atoms with van der Waals surface area (Å²) < 4.78 is 10.5. The van der Waals surface area contributed by atoms with Crippen molar-refractivity contribution in [3.63, 3.8) is 0 Å². The first kappa shape index (κ1) is 14.5. The number of likely N-dealkylation sites (tertiary alicyclic amines) is 1. The van der Waals surface area contributed by atoms with Crippen molar-refractivity contribution in [3.8, 4) is 5.75 Å². The van der Waals surface area contributed by atoms with Gasteiger partial charge in [-0.05, 0) is 37.1 Å². The van der Waals surface area contributed by atoms with E-state index in [0.717, 1.165) is 38.0 Å². The van der Waals surface area contributed by atoms with Gasteiger partial charge in [0.2, 0.25) is 0 Å². The molecular weight excluding hydrogens is 258 g/mol. The van der Waals surface area contributed by atoms with Gasteiger partial charge in [-0.3, -0.25) is 14.5 Å². The monoisotopic (exact) mass is 277 g/mol. The Morgan fingerprint density at radius 2 is 1.95 bits per heavy atom. The average Bonchev–Trinajstić information content (AvgIpc) is 2.50. The smallest absolute Gasteiger partial charge is 0.319 e. The van der Waals surface area contributed by atoms with Crippen LogP contribution in [0.2, 0.25) is 0 Å². The van der Waals surface area contributed by atoms with Crippen molar-refractivity contribution in [2.45, 2.75) is 18.9 Å². The molecule has 1 aliphatic rings. The third-order valence-corrected chi connectivity index (χ3v) is 3.43. The quantitative estimate of drug-likeness (QED) is 0.603. The number of rotatable bonds is 5. The molecule has 0 bridgehead atoms. The number of carbonyl (C=O) groups is 2. The zero-order valence-corrected chi connectivity index (χ0v) is 11.6. The van der Waals surface area contributed by atoms with Crippen LogP contribution in [0.25, 0.3) is 0 Å². The van der Waals surface area contributed by atoms with E-state index in [-0.39, 0.29) is 12.1 Å². The van der Waals surface area contributed by atoms with Crippen LogP contribution in [0.1, 0.15) is 23.2 Å². The number of esters is 1. The second kappa shape index (κ2) is 7.05. The Morgan fingerprint density at radius 1 is 1.30 bits per heavy atom. The lowest BCUT2D eigenvalue weighted by Gasteiger charge is -2.31. The molecule has 0 saturated carbocycles. The molecule has 5 heteroatoms. The summed E-state index contributed by atoms with van der Waals surface area (Å²) >= 11 is 0. The van der Waals surface area contributed by atoms with Gasteiger partial charge < -0.3 is 9.47 Å². The maximum atomic E-state index is 11.2. The predicted molar refractivity (Wildman–Crippen MR) is 73.9 cm³/mol. The van der Waals surface area contributed by atoms with Crippen LogP contribution in [0.5, 0.6) is 5.75 Å². The first-order valence-electron chi connectivity index (χ1n) is 6.72. The topological polar surface area (TPSA) is 55.8 Å². The highest BCUT2D eigenvalue weighted by molar-refractivity contribution is 5.74. The van der Waals surface area contributed by atoms with Gasteiger partial charge in [-0.25, -0.2) is 0 Å². The SMILES string of the molecule is COC(=O)CN1CCC(Oc2ccc(C=O)cc2)CC1. The molecule has 0 atom stereocenters. The van der Waals surface area contributed by atoms with Gasteiger partial charge >= 0.3 is 5.97 Å². The summed E-state index contributed by atoms with van der Waals surface area (Å²) in [5.41, 5.74) is 0.644. The molecule has 1 heterocycles. The fourth-order valence-electron chi connectivity index (χ4n) is 2.25. The number of hydrogen-bond acceptors (Lipinski definition) is 5. The molecule has 1 aliphatic heterocycles. The van der Waals surface area contributed by atoms with Crippen molar-refractivity contribution >= 4 is 12.3 Å². The van der Waals surface area contributed by atoms with E-state index >= 15 is 0 Å². The average molecular weight is 277 g/mol. The Kier molecular flexibility index (Phi) is 5.12. The largest absolute Gasteiger partial charge is 0.490 e. The number of methoxy groups -OCH3 is 1. The number of ether oxygens (including phenoxy) is 2. The van der Waals surface area contributed by atoms with Crippen LogP contribution in [0, 0.1) is 0 Å². The number of aldehydes is 1. The predicted octanol–water partition coefficient (Wildman–Crippen LogP) is 1.52. The molecule has 5 nitrogen and oxygen atoms in total. The molecule has 0 amide bonds. The number of benzene rings is 1. The van der Waals surface area contributed by atoms with Crippen molar-refractivity contribution in [3.05, 3.63) is 29.8 Å². The molecule has 0 aromatic heterocycles. The van der Waals surface area contributed by atoms with Crippen LogP contribution in [0.4, 0.5) is 0 Å². The highest BCUT2D eigenvalue weighted by atomic mass is 16.5. The molecule has 108 valence electrons. The maximum Gasteiger partial charge on any atom is 0.319 e. The summed E-state index contributed by atoms with van der Waals surface area (Å²) in [5, 5.41) is 0. The van der Waals surface area contributed by atoms with Crippen molar-refractivity contribution in [2.75, 3.05) is 26.7 Å². The van der Waals surface area contributed by atoms with Crippen LogP contribution >= 0.6 is 0 Å². The Balaban J connectivity index is 1.78. The molecule has 1 aromatic rings.